The lowest BCUT2D eigenvalue weighted by Crippen LogP contribution is -2.26. The number of carbonyl (C=O) groups excluding carboxylic acids is 1. The van der Waals surface area contributed by atoms with Crippen LogP contribution in [0.2, 0.25) is 0 Å². The van der Waals surface area contributed by atoms with Crippen LogP contribution in [0.15, 0.2) is 24.7 Å². The first kappa shape index (κ1) is 12.0. The van der Waals surface area contributed by atoms with Crippen LogP contribution < -0.4 is 16.6 Å². The quantitative estimate of drug-likeness (QED) is 0.416. The van der Waals surface area contributed by atoms with Gasteiger partial charge in [-0.2, -0.15) is 5.10 Å². The molecule has 0 bridgehead atoms. The van der Waals surface area contributed by atoms with Crippen molar-refractivity contribution in [3.05, 3.63) is 36.0 Å². The van der Waals surface area contributed by atoms with E-state index >= 15 is 0 Å². The Hall–Kier alpha value is -2.48. The lowest BCUT2D eigenvalue weighted by molar-refractivity contribution is 0.0954. The summed E-state index contributed by atoms with van der Waals surface area (Å²) < 4.78 is 0. The van der Waals surface area contributed by atoms with E-state index in [1.54, 1.807) is 12.1 Å². The van der Waals surface area contributed by atoms with E-state index in [1.807, 2.05) is 0 Å². The maximum atomic E-state index is 11.8. The minimum absolute atomic E-state index is 0.187. The molecule has 94 valence electrons. The number of rotatable bonds is 5. The highest BCUT2D eigenvalue weighted by Gasteiger charge is 2.06. The van der Waals surface area contributed by atoms with Gasteiger partial charge in [0.25, 0.3) is 5.91 Å². The summed E-state index contributed by atoms with van der Waals surface area (Å²) in [6, 6.07) is 3.19. The van der Waals surface area contributed by atoms with E-state index in [1.165, 1.54) is 12.5 Å². The van der Waals surface area contributed by atoms with Crippen LogP contribution in [-0.2, 0) is 6.42 Å². The van der Waals surface area contributed by atoms with Gasteiger partial charge < -0.3 is 10.7 Å². The maximum absolute atomic E-state index is 11.8. The molecule has 0 aliphatic carbocycles. The number of aromatic nitrogens is 4. The van der Waals surface area contributed by atoms with Gasteiger partial charge in [0, 0.05) is 24.7 Å². The number of nitrogens with two attached hydrogens (primary N) is 1. The van der Waals surface area contributed by atoms with Crippen molar-refractivity contribution in [2.45, 2.75) is 6.42 Å². The number of hydrazine groups is 1. The molecule has 0 aliphatic rings. The third kappa shape index (κ3) is 3.01. The van der Waals surface area contributed by atoms with Gasteiger partial charge in [-0.25, -0.2) is 15.8 Å². The number of amides is 1. The van der Waals surface area contributed by atoms with Gasteiger partial charge in [0.05, 0.1) is 0 Å². The molecule has 0 spiro atoms. The Labute approximate surface area is 103 Å². The lowest BCUT2D eigenvalue weighted by Gasteiger charge is -2.05. The highest BCUT2D eigenvalue weighted by molar-refractivity contribution is 5.94. The molecule has 2 aromatic rings. The molecule has 0 saturated carbocycles. The zero-order chi connectivity index (χ0) is 12.8. The first-order valence-electron chi connectivity index (χ1n) is 5.34. The van der Waals surface area contributed by atoms with Gasteiger partial charge in [-0.3, -0.25) is 9.89 Å². The molecule has 0 atom stereocenters. The van der Waals surface area contributed by atoms with Crippen LogP contribution in [0.4, 0.5) is 5.82 Å². The standard InChI is InChI=1S/C10H13N7O/c11-16-9-5-7(1-3-12-9)10(18)13-4-2-8-14-6-15-17-8/h1,3,5-6H,2,4,11H2,(H,12,16)(H,13,18)(H,14,15,17). The van der Waals surface area contributed by atoms with Crippen molar-refractivity contribution in [3.8, 4) is 0 Å². The number of hydrogen-bond donors (Lipinski definition) is 4. The number of nitrogen functional groups attached to an aromatic ring is 1. The summed E-state index contributed by atoms with van der Waals surface area (Å²) in [5.41, 5.74) is 2.88. The summed E-state index contributed by atoms with van der Waals surface area (Å²) in [4.78, 5) is 19.7. The fourth-order valence-electron chi connectivity index (χ4n) is 1.40. The maximum Gasteiger partial charge on any atom is 0.251 e. The van der Waals surface area contributed by atoms with Crippen molar-refractivity contribution < 1.29 is 4.79 Å². The normalized spacial score (nSPS) is 10.1. The molecule has 5 N–H and O–H groups in total. The number of aromatic amines is 1. The second-order valence-electron chi connectivity index (χ2n) is 3.51. The zero-order valence-electron chi connectivity index (χ0n) is 9.55. The molecule has 2 rings (SSSR count). The Bertz CT molecular complexity index is 511. The molecule has 18 heavy (non-hydrogen) atoms. The molecular weight excluding hydrogens is 234 g/mol. The van der Waals surface area contributed by atoms with Crippen molar-refractivity contribution in [2.24, 2.45) is 5.84 Å². The molecule has 0 unspecified atom stereocenters. The topological polar surface area (TPSA) is 122 Å². The van der Waals surface area contributed by atoms with Crippen molar-refractivity contribution in [1.29, 1.82) is 0 Å². The molecule has 8 nitrogen and oxygen atoms in total. The lowest BCUT2D eigenvalue weighted by atomic mass is 10.2. The largest absolute Gasteiger partial charge is 0.352 e. The smallest absolute Gasteiger partial charge is 0.251 e. The molecule has 1 amide bonds. The average Bonchev–Trinajstić information content (AvgIpc) is 2.92. The fraction of sp³-hybridized carbons (Fsp3) is 0.200. The summed E-state index contributed by atoms with van der Waals surface area (Å²) in [6.07, 6.45) is 3.54. The minimum atomic E-state index is -0.187. The first-order chi connectivity index (χ1) is 8.79. The number of carbonyl (C=O) groups is 1. The molecule has 0 radical (unpaired) electrons. The van der Waals surface area contributed by atoms with Crippen LogP contribution in [0.1, 0.15) is 16.2 Å². The molecule has 0 fully saturated rings. The van der Waals surface area contributed by atoms with Gasteiger partial charge in [0.1, 0.15) is 18.0 Å². The highest BCUT2D eigenvalue weighted by Crippen LogP contribution is 2.04. The fourth-order valence-corrected chi connectivity index (χ4v) is 1.40. The Morgan fingerprint density at radius 1 is 1.44 bits per heavy atom. The van der Waals surface area contributed by atoms with E-state index in [4.69, 9.17) is 5.84 Å². The van der Waals surface area contributed by atoms with Crippen LogP contribution in [0, 0.1) is 0 Å². The van der Waals surface area contributed by atoms with E-state index in [2.05, 4.69) is 30.9 Å². The molecule has 8 heteroatoms. The third-order valence-electron chi connectivity index (χ3n) is 2.28. The molecule has 2 aromatic heterocycles. The van der Waals surface area contributed by atoms with Gasteiger partial charge >= 0.3 is 0 Å². The van der Waals surface area contributed by atoms with Crippen LogP contribution >= 0.6 is 0 Å². The van der Waals surface area contributed by atoms with Crippen molar-refractivity contribution in [1.82, 2.24) is 25.5 Å². The second-order valence-corrected chi connectivity index (χ2v) is 3.51. The van der Waals surface area contributed by atoms with Crippen molar-refractivity contribution in [3.63, 3.8) is 0 Å². The minimum Gasteiger partial charge on any atom is -0.352 e. The Kier molecular flexibility index (Phi) is 3.82. The number of H-pyrrole nitrogens is 1. The monoisotopic (exact) mass is 247 g/mol. The zero-order valence-corrected chi connectivity index (χ0v) is 9.55. The van der Waals surface area contributed by atoms with Crippen molar-refractivity contribution >= 4 is 11.7 Å². The number of nitrogens with one attached hydrogen (secondary N) is 3. The summed E-state index contributed by atoms with van der Waals surface area (Å²) in [6.45, 7) is 0.474. The summed E-state index contributed by atoms with van der Waals surface area (Å²) in [7, 11) is 0. The summed E-state index contributed by atoms with van der Waals surface area (Å²) in [5.74, 6) is 6.21. The SMILES string of the molecule is NNc1cc(C(=O)NCCc2ncn[nH]2)ccn1. The number of anilines is 1. The van der Waals surface area contributed by atoms with E-state index in [0.717, 1.165) is 5.82 Å². The Morgan fingerprint density at radius 3 is 3.06 bits per heavy atom. The summed E-state index contributed by atoms with van der Waals surface area (Å²) in [5, 5.41) is 9.21. The van der Waals surface area contributed by atoms with E-state index in [9.17, 15) is 4.79 Å². The Balaban J connectivity index is 1.87. The highest BCUT2D eigenvalue weighted by atomic mass is 16.1. The van der Waals surface area contributed by atoms with E-state index in [0.29, 0.717) is 24.3 Å². The van der Waals surface area contributed by atoms with Crippen LogP contribution in [0.3, 0.4) is 0 Å². The van der Waals surface area contributed by atoms with E-state index < -0.39 is 0 Å². The predicted molar refractivity (Wildman–Crippen MR) is 64.5 cm³/mol. The number of pyridine rings is 1. The molecule has 2 heterocycles. The third-order valence-corrected chi connectivity index (χ3v) is 2.28. The van der Waals surface area contributed by atoms with Gasteiger partial charge in [0.2, 0.25) is 0 Å². The second kappa shape index (κ2) is 5.73. The van der Waals surface area contributed by atoms with Gasteiger partial charge in [-0.15, -0.1) is 0 Å². The number of hydrogen-bond acceptors (Lipinski definition) is 6. The van der Waals surface area contributed by atoms with Gasteiger partial charge in [0.15, 0.2) is 0 Å². The van der Waals surface area contributed by atoms with Crippen LogP contribution in [0.25, 0.3) is 0 Å². The Morgan fingerprint density at radius 2 is 2.33 bits per heavy atom. The van der Waals surface area contributed by atoms with Crippen LogP contribution in [-0.4, -0.2) is 32.6 Å². The molecule has 0 aliphatic heterocycles. The molecule has 0 aromatic carbocycles. The predicted octanol–water partition coefficient (Wildman–Crippen LogP) is -0.542. The van der Waals surface area contributed by atoms with Crippen LogP contribution in [0.5, 0.6) is 0 Å². The molecular formula is C10H13N7O. The summed E-state index contributed by atoms with van der Waals surface area (Å²) >= 11 is 0. The number of nitrogens with zero attached hydrogens (tertiary/aromatic N) is 3. The van der Waals surface area contributed by atoms with Gasteiger partial charge in [-0.05, 0) is 12.1 Å². The average molecular weight is 247 g/mol. The first-order valence-corrected chi connectivity index (χ1v) is 5.34. The van der Waals surface area contributed by atoms with Gasteiger partial charge in [-0.1, -0.05) is 0 Å². The molecule has 0 saturated heterocycles. The van der Waals surface area contributed by atoms with E-state index in [-0.39, 0.29) is 5.91 Å². The van der Waals surface area contributed by atoms with Crippen molar-refractivity contribution in [2.75, 3.05) is 12.0 Å².